The molecule has 0 aliphatic carbocycles. The number of hydrogen-bond acceptors (Lipinski definition) is 3. The molecule has 0 radical (unpaired) electrons. The maximum Gasteiger partial charge on any atom is 0.0693 e. The molecule has 1 aromatic heterocycles. The van der Waals surface area contributed by atoms with Gasteiger partial charge in [-0.15, -0.1) is 5.10 Å². The molecule has 60 valence electrons. The Morgan fingerprint density at radius 1 is 1.55 bits per heavy atom. The van der Waals surface area contributed by atoms with Crippen LogP contribution in [-0.4, -0.2) is 28.1 Å². The third-order valence-electron chi connectivity index (χ3n) is 2.09. The lowest BCUT2D eigenvalue weighted by atomic mass is 10.1. The number of aromatic nitrogens is 3. The van der Waals surface area contributed by atoms with E-state index in [-0.39, 0.29) is 0 Å². The van der Waals surface area contributed by atoms with E-state index in [1.807, 2.05) is 10.9 Å². The van der Waals surface area contributed by atoms with Gasteiger partial charge in [0.25, 0.3) is 0 Å². The minimum atomic E-state index is 0.520. The zero-order valence-corrected chi connectivity index (χ0v) is 6.40. The van der Waals surface area contributed by atoms with Gasteiger partial charge in [0, 0.05) is 12.7 Å². The fraction of sp³-hybridized carbons (Fsp3) is 0.714. The molecule has 0 aromatic carbocycles. The highest BCUT2D eigenvalue weighted by molar-refractivity contribution is 4.77. The van der Waals surface area contributed by atoms with E-state index in [0.29, 0.717) is 6.04 Å². The molecule has 1 saturated heterocycles. The molecule has 0 saturated carbocycles. The monoisotopic (exact) mass is 152 g/mol. The largest absolute Gasteiger partial charge is 0.315 e. The van der Waals surface area contributed by atoms with Crippen LogP contribution < -0.4 is 5.32 Å². The zero-order valence-electron chi connectivity index (χ0n) is 6.40. The number of nitrogens with one attached hydrogen (secondary N) is 1. The molecule has 0 bridgehead atoms. The Morgan fingerprint density at radius 2 is 2.55 bits per heavy atom. The molecule has 4 heteroatoms. The minimum absolute atomic E-state index is 0.520. The summed E-state index contributed by atoms with van der Waals surface area (Å²) in [4.78, 5) is 0. The van der Waals surface area contributed by atoms with E-state index < -0.39 is 0 Å². The molecule has 1 N–H and O–H groups in total. The highest BCUT2D eigenvalue weighted by atomic mass is 15.4. The normalized spacial score (nSPS) is 25.3. The van der Waals surface area contributed by atoms with Crippen molar-refractivity contribution in [2.45, 2.75) is 18.9 Å². The molecular weight excluding hydrogens is 140 g/mol. The van der Waals surface area contributed by atoms with Gasteiger partial charge in [0.2, 0.25) is 0 Å². The van der Waals surface area contributed by atoms with Crippen molar-refractivity contribution in [3.8, 4) is 0 Å². The van der Waals surface area contributed by atoms with Crippen LogP contribution in [0.1, 0.15) is 18.9 Å². The van der Waals surface area contributed by atoms with Crippen LogP contribution in [0.15, 0.2) is 12.4 Å². The van der Waals surface area contributed by atoms with Gasteiger partial charge in [0.1, 0.15) is 0 Å². The lowest BCUT2D eigenvalue weighted by molar-refractivity contribution is 0.341. The standard InChI is InChI=1S/C7H12N4/c1-2-7(6-8-3-1)11-5-4-9-10-11/h4-5,7-8H,1-3,6H2/t7-/m0/s1. The van der Waals surface area contributed by atoms with Crippen LogP contribution in [0.3, 0.4) is 0 Å². The molecular formula is C7H12N4. The van der Waals surface area contributed by atoms with Gasteiger partial charge in [-0.25, -0.2) is 4.68 Å². The first-order chi connectivity index (χ1) is 5.47. The number of rotatable bonds is 1. The summed E-state index contributed by atoms with van der Waals surface area (Å²) in [6.45, 7) is 2.18. The van der Waals surface area contributed by atoms with Gasteiger partial charge in [0.05, 0.1) is 12.2 Å². The summed E-state index contributed by atoms with van der Waals surface area (Å²) in [7, 11) is 0. The van der Waals surface area contributed by atoms with E-state index in [1.54, 1.807) is 6.20 Å². The van der Waals surface area contributed by atoms with Gasteiger partial charge >= 0.3 is 0 Å². The fourth-order valence-electron chi connectivity index (χ4n) is 1.47. The van der Waals surface area contributed by atoms with Crippen molar-refractivity contribution in [3.63, 3.8) is 0 Å². The number of nitrogens with zero attached hydrogens (tertiary/aromatic N) is 3. The summed E-state index contributed by atoms with van der Waals surface area (Å²) in [6.07, 6.45) is 6.12. The Morgan fingerprint density at radius 3 is 3.18 bits per heavy atom. The molecule has 2 rings (SSSR count). The second kappa shape index (κ2) is 3.00. The van der Waals surface area contributed by atoms with Crippen LogP contribution in [-0.2, 0) is 0 Å². The van der Waals surface area contributed by atoms with Gasteiger partial charge in [-0.05, 0) is 19.4 Å². The fourth-order valence-corrected chi connectivity index (χ4v) is 1.47. The van der Waals surface area contributed by atoms with Gasteiger partial charge in [-0.3, -0.25) is 0 Å². The Kier molecular flexibility index (Phi) is 1.85. The van der Waals surface area contributed by atoms with Crippen molar-refractivity contribution in [3.05, 3.63) is 12.4 Å². The Labute approximate surface area is 65.6 Å². The predicted octanol–water partition coefficient (Wildman–Crippen LogP) is 0.203. The van der Waals surface area contributed by atoms with Crippen LogP contribution in [0.25, 0.3) is 0 Å². The average molecular weight is 152 g/mol. The zero-order chi connectivity index (χ0) is 7.52. The van der Waals surface area contributed by atoms with Gasteiger partial charge in [-0.1, -0.05) is 5.21 Å². The molecule has 1 fully saturated rings. The van der Waals surface area contributed by atoms with Crippen LogP contribution in [0, 0.1) is 0 Å². The quantitative estimate of drug-likeness (QED) is 0.625. The first kappa shape index (κ1) is 6.79. The highest BCUT2D eigenvalue weighted by Gasteiger charge is 2.14. The molecule has 2 heterocycles. The van der Waals surface area contributed by atoms with Crippen LogP contribution in [0.2, 0.25) is 0 Å². The second-order valence-electron chi connectivity index (χ2n) is 2.88. The first-order valence-corrected chi connectivity index (χ1v) is 4.03. The van der Waals surface area contributed by atoms with E-state index >= 15 is 0 Å². The molecule has 0 amide bonds. The van der Waals surface area contributed by atoms with E-state index in [1.165, 1.54) is 12.8 Å². The molecule has 0 spiro atoms. The second-order valence-corrected chi connectivity index (χ2v) is 2.88. The van der Waals surface area contributed by atoms with Crippen molar-refractivity contribution in [1.29, 1.82) is 0 Å². The summed E-state index contributed by atoms with van der Waals surface area (Å²) >= 11 is 0. The lowest BCUT2D eigenvalue weighted by Gasteiger charge is -2.22. The van der Waals surface area contributed by atoms with Crippen LogP contribution in [0.5, 0.6) is 0 Å². The Hall–Kier alpha value is -0.900. The third-order valence-corrected chi connectivity index (χ3v) is 2.09. The third kappa shape index (κ3) is 1.40. The molecule has 1 atom stereocenters. The van der Waals surface area contributed by atoms with E-state index in [9.17, 15) is 0 Å². The van der Waals surface area contributed by atoms with Crippen molar-refractivity contribution in [2.24, 2.45) is 0 Å². The summed E-state index contributed by atoms with van der Waals surface area (Å²) in [5.74, 6) is 0. The summed E-state index contributed by atoms with van der Waals surface area (Å²) in [5, 5.41) is 11.1. The molecule has 1 aliphatic heterocycles. The number of hydrogen-bond donors (Lipinski definition) is 1. The number of piperidine rings is 1. The van der Waals surface area contributed by atoms with Crippen LogP contribution in [0.4, 0.5) is 0 Å². The van der Waals surface area contributed by atoms with Crippen molar-refractivity contribution >= 4 is 0 Å². The Bertz CT molecular complexity index is 200. The topological polar surface area (TPSA) is 42.7 Å². The summed E-state index contributed by atoms with van der Waals surface area (Å²) < 4.78 is 1.94. The molecule has 0 unspecified atom stereocenters. The summed E-state index contributed by atoms with van der Waals surface area (Å²) in [5.41, 5.74) is 0. The smallest absolute Gasteiger partial charge is 0.0693 e. The molecule has 1 aromatic rings. The average Bonchev–Trinajstić information content (AvgIpc) is 2.58. The lowest BCUT2D eigenvalue weighted by Crippen LogP contribution is -2.31. The van der Waals surface area contributed by atoms with Gasteiger partial charge in [-0.2, -0.15) is 0 Å². The maximum absolute atomic E-state index is 3.97. The van der Waals surface area contributed by atoms with E-state index in [4.69, 9.17) is 0 Å². The Balaban J connectivity index is 2.04. The first-order valence-electron chi connectivity index (χ1n) is 4.03. The van der Waals surface area contributed by atoms with Crippen LogP contribution >= 0.6 is 0 Å². The van der Waals surface area contributed by atoms with E-state index in [0.717, 1.165) is 13.1 Å². The minimum Gasteiger partial charge on any atom is -0.315 e. The molecule has 11 heavy (non-hydrogen) atoms. The van der Waals surface area contributed by atoms with Gasteiger partial charge in [0.15, 0.2) is 0 Å². The van der Waals surface area contributed by atoms with Crippen molar-refractivity contribution in [2.75, 3.05) is 13.1 Å². The maximum atomic E-state index is 3.97. The highest BCUT2D eigenvalue weighted by Crippen LogP contribution is 2.13. The SMILES string of the molecule is c1cn([C@H]2CCCNC2)nn1. The predicted molar refractivity (Wildman–Crippen MR) is 41.2 cm³/mol. The molecule has 4 nitrogen and oxygen atoms in total. The van der Waals surface area contributed by atoms with Gasteiger partial charge < -0.3 is 5.32 Å². The molecule has 1 aliphatic rings. The summed E-state index contributed by atoms with van der Waals surface area (Å²) in [6, 6.07) is 0.520. The van der Waals surface area contributed by atoms with E-state index in [2.05, 4.69) is 15.6 Å². The van der Waals surface area contributed by atoms with Crippen molar-refractivity contribution < 1.29 is 0 Å². The van der Waals surface area contributed by atoms with Crippen molar-refractivity contribution in [1.82, 2.24) is 20.3 Å².